The van der Waals surface area contributed by atoms with Gasteiger partial charge in [-0.25, -0.2) is 4.21 Å². The molecule has 1 aliphatic carbocycles. The zero-order chi connectivity index (χ0) is 27.6. The van der Waals surface area contributed by atoms with E-state index in [1.807, 2.05) is 19.1 Å². The number of aryl methyl sites for hydroxylation is 1. The minimum atomic E-state index is -4.00. The summed E-state index contributed by atoms with van der Waals surface area (Å²) in [4.78, 5) is 14.9. The molecule has 0 bridgehead atoms. The Bertz CT molecular complexity index is 1590. The van der Waals surface area contributed by atoms with E-state index in [1.54, 1.807) is 12.1 Å². The van der Waals surface area contributed by atoms with Crippen molar-refractivity contribution in [3.8, 4) is 5.75 Å². The van der Waals surface area contributed by atoms with Crippen molar-refractivity contribution < 1.29 is 21.8 Å². The molecule has 0 amide bonds. The fourth-order valence-corrected chi connectivity index (χ4v) is 9.33. The number of fused-ring (bicyclic) bond motifs is 1. The number of hydrogen-bond donors (Lipinski definition) is 0. The highest BCUT2D eigenvalue weighted by atomic mass is 32.3. The van der Waals surface area contributed by atoms with E-state index in [9.17, 15) is 17.4 Å². The number of ether oxygens (including phenoxy) is 1. The van der Waals surface area contributed by atoms with Crippen LogP contribution in [0.1, 0.15) is 48.1 Å². The lowest BCUT2D eigenvalue weighted by molar-refractivity contribution is 0.201. The lowest BCUT2D eigenvalue weighted by Gasteiger charge is -2.28. The molecule has 1 atom stereocenters. The summed E-state index contributed by atoms with van der Waals surface area (Å²) in [7, 11) is -6.95. The molecule has 39 heavy (non-hydrogen) atoms. The zero-order valence-electron chi connectivity index (χ0n) is 22.2. The van der Waals surface area contributed by atoms with Crippen LogP contribution in [0.5, 0.6) is 5.75 Å². The summed E-state index contributed by atoms with van der Waals surface area (Å²) in [5.74, 6) is 0.958. The molecule has 5 rings (SSSR count). The predicted octanol–water partition coefficient (Wildman–Crippen LogP) is 4.89. The molecule has 208 valence electrons. The number of hydrogen-bond acceptors (Lipinski definition) is 7. The maximum Gasteiger partial charge on any atom is 0.290 e. The zero-order valence-corrected chi connectivity index (χ0v) is 23.9. The Morgan fingerprint density at radius 3 is 2.23 bits per heavy atom. The third-order valence-electron chi connectivity index (χ3n) is 7.59. The molecule has 3 aromatic rings. The summed E-state index contributed by atoms with van der Waals surface area (Å²) in [6.45, 7) is 4.43. The SMILES string of the molecule is Cc1ccc(S(=O)(=O)N=S(C)(=O)C2CCC(COc3coc(CN4Cc5ccccc5C4)cc3=O)CC2)cc1. The monoisotopic (exact) mass is 570 g/mol. The van der Waals surface area contributed by atoms with Gasteiger partial charge in [0.05, 0.1) is 27.8 Å². The van der Waals surface area contributed by atoms with Gasteiger partial charge in [0.2, 0.25) is 11.2 Å². The highest BCUT2D eigenvalue weighted by molar-refractivity contribution is 8.03. The van der Waals surface area contributed by atoms with E-state index in [-0.39, 0.29) is 27.2 Å². The summed E-state index contributed by atoms with van der Waals surface area (Å²) in [6.07, 6.45) is 5.43. The molecule has 1 aliphatic heterocycles. The fraction of sp³-hybridized carbons (Fsp3) is 0.414. The van der Waals surface area contributed by atoms with E-state index in [1.165, 1.54) is 41.8 Å². The first-order chi connectivity index (χ1) is 18.6. The van der Waals surface area contributed by atoms with Crippen LogP contribution in [0, 0.1) is 12.8 Å². The van der Waals surface area contributed by atoms with E-state index in [4.69, 9.17) is 9.15 Å². The summed E-state index contributed by atoms with van der Waals surface area (Å²) >= 11 is 0. The first kappa shape index (κ1) is 27.6. The minimum absolute atomic E-state index is 0.0557. The largest absolute Gasteiger partial charge is 0.486 e. The van der Waals surface area contributed by atoms with Gasteiger partial charge in [-0.3, -0.25) is 9.69 Å². The molecule has 1 unspecified atom stereocenters. The van der Waals surface area contributed by atoms with Crippen molar-refractivity contribution in [2.45, 2.75) is 62.4 Å². The van der Waals surface area contributed by atoms with Gasteiger partial charge in [0.15, 0.2) is 0 Å². The Labute approximate surface area is 230 Å². The van der Waals surface area contributed by atoms with E-state index in [0.717, 1.165) is 18.7 Å². The van der Waals surface area contributed by atoms with Gasteiger partial charge in [-0.15, -0.1) is 3.77 Å². The average Bonchev–Trinajstić information content (AvgIpc) is 3.30. The smallest absolute Gasteiger partial charge is 0.290 e. The Morgan fingerprint density at radius 1 is 0.974 bits per heavy atom. The predicted molar refractivity (Wildman–Crippen MR) is 150 cm³/mol. The number of nitrogens with zero attached hydrogens (tertiary/aromatic N) is 2. The Morgan fingerprint density at radius 2 is 1.62 bits per heavy atom. The second-order valence-corrected chi connectivity index (χ2v) is 15.1. The van der Waals surface area contributed by atoms with Crippen molar-refractivity contribution in [3.05, 3.63) is 93.5 Å². The maximum atomic E-state index is 13.3. The van der Waals surface area contributed by atoms with Crippen molar-refractivity contribution >= 4 is 19.8 Å². The highest BCUT2D eigenvalue weighted by Gasteiger charge is 2.29. The van der Waals surface area contributed by atoms with Crippen molar-refractivity contribution in [3.63, 3.8) is 0 Å². The standard InChI is InChI=1S/C29H34N2O6S2/c1-21-7-11-27(12-8-21)39(34,35)30-38(2,33)26-13-9-22(10-14-26)19-37-29-20-36-25(15-28(29)32)18-31-16-23-5-3-4-6-24(23)17-31/h3-8,11-12,15,20,22,26H,9-10,13-14,16-19H2,1-2H3. The molecule has 0 spiro atoms. The third-order valence-corrected chi connectivity index (χ3v) is 12.1. The molecule has 1 fully saturated rings. The van der Waals surface area contributed by atoms with Crippen molar-refractivity contribution in [2.24, 2.45) is 9.69 Å². The van der Waals surface area contributed by atoms with Gasteiger partial charge in [-0.05, 0) is 61.8 Å². The Balaban J connectivity index is 1.13. The van der Waals surface area contributed by atoms with Gasteiger partial charge in [0, 0.05) is 30.7 Å². The Kier molecular flexibility index (Phi) is 7.98. The Hall–Kier alpha value is -2.95. The van der Waals surface area contributed by atoms with E-state index in [2.05, 4.69) is 20.8 Å². The maximum absolute atomic E-state index is 13.3. The second-order valence-electron chi connectivity index (χ2n) is 10.7. The van der Waals surface area contributed by atoms with Gasteiger partial charge in [0.1, 0.15) is 12.0 Å². The number of benzene rings is 2. The molecule has 1 aromatic heterocycles. The van der Waals surface area contributed by atoms with Gasteiger partial charge in [-0.1, -0.05) is 42.0 Å². The van der Waals surface area contributed by atoms with Gasteiger partial charge >= 0.3 is 0 Å². The topological polar surface area (TPSA) is 106 Å². The highest BCUT2D eigenvalue weighted by Crippen LogP contribution is 2.31. The first-order valence-corrected chi connectivity index (χ1v) is 16.6. The van der Waals surface area contributed by atoms with Crippen molar-refractivity contribution in [1.29, 1.82) is 0 Å². The number of rotatable bonds is 8. The third kappa shape index (κ3) is 6.62. The summed E-state index contributed by atoms with van der Waals surface area (Å²) < 4.78 is 54.1. The molecule has 0 saturated heterocycles. The lowest BCUT2D eigenvalue weighted by atomic mass is 9.89. The molecular formula is C29H34N2O6S2. The molecule has 1 saturated carbocycles. The second kappa shape index (κ2) is 11.3. The van der Waals surface area contributed by atoms with Crippen LogP contribution in [0.3, 0.4) is 0 Å². The van der Waals surface area contributed by atoms with E-state index >= 15 is 0 Å². The van der Waals surface area contributed by atoms with Crippen LogP contribution in [0.2, 0.25) is 0 Å². The fourth-order valence-electron chi connectivity index (χ4n) is 5.32. The minimum Gasteiger partial charge on any atom is -0.486 e. The number of sulfonamides is 1. The van der Waals surface area contributed by atoms with Gasteiger partial charge in [-0.2, -0.15) is 8.42 Å². The summed E-state index contributed by atoms with van der Waals surface area (Å²) in [6, 6.07) is 16.2. The van der Waals surface area contributed by atoms with Crippen LogP contribution in [-0.4, -0.2) is 35.6 Å². The van der Waals surface area contributed by atoms with Crippen LogP contribution in [0.4, 0.5) is 0 Å². The van der Waals surface area contributed by atoms with Gasteiger partial charge < -0.3 is 9.15 Å². The normalized spacial score (nSPS) is 21.2. The molecular weight excluding hydrogens is 536 g/mol. The van der Waals surface area contributed by atoms with Crippen LogP contribution in [-0.2, 0) is 39.4 Å². The average molecular weight is 571 g/mol. The van der Waals surface area contributed by atoms with Crippen LogP contribution < -0.4 is 10.2 Å². The van der Waals surface area contributed by atoms with E-state index < -0.39 is 19.8 Å². The molecule has 10 heteroatoms. The van der Waals surface area contributed by atoms with Crippen molar-refractivity contribution in [2.75, 3.05) is 12.9 Å². The summed E-state index contributed by atoms with van der Waals surface area (Å²) in [5.41, 5.74) is 3.33. The van der Waals surface area contributed by atoms with Crippen molar-refractivity contribution in [1.82, 2.24) is 4.90 Å². The quantitative estimate of drug-likeness (QED) is 0.380. The lowest BCUT2D eigenvalue weighted by Crippen LogP contribution is -2.29. The first-order valence-electron chi connectivity index (χ1n) is 13.2. The molecule has 2 heterocycles. The molecule has 2 aliphatic rings. The molecule has 0 radical (unpaired) electrons. The van der Waals surface area contributed by atoms with Crippen LogP contribution in [0.25, 0.3) is 0 Å². The summed E-state index contributed by atoms with van der Waals surface area (Å²) in [5, 5.41) is -0.310. The van der Waals surface area contributed by atoms with E-state index in [0.29, 0.717) is 44.6 Å². The molecule has 2 aromatic carbocycles. The molecule has 0 N–H and O–H groups in total. The van der Waals surface area contributed by atoms with Crippen LogP contribution in [0.15, 0.2) is 78.7 Å². The molecule has 8 nitrogen and oxygen atoms in total. The van der Waals surface area contributed by atoms with Crippen LogP contribution >= 0.6 is 0 Å². The van der Waals surface area contributed by atoms with Gasteiger partial charge in [0.25, 0.3) is 10.0 Å².